The molecule has 1 aromatic heterocycles. The van der Waals surface area contributed by atoms with Crippen molar-refractivity contribution >= 4 is 34.8 Å². The molecule has 0 aliphatic heterocycles. The van der Waals surface area contributed by atoms with Gasteiger partial charge in [0.15, 0.2) is 0 Å². The fourth-order valence-electron chi connectivity index (χ4n) is 3.03. The molecule has 6 nitrogen and oxygen atoms in total. The predicted octanol–water partition coefficient (Wildman–Crippen LogP) is 3.82. The van der Waals surface area contributed by atoms with Crippen molar-refractivity contribution in [2.75, 3.05) is 26.0 Å². The summed E-state index contributed by atoms with van der Waals surface area (Å²) in [6.07, 6.45) is 1.96. The van der Waals surface area contributed by atoms with Gasteiger partial charge in [-0.1, -0.05) is 18.2 Å². The second-order valence-corrected chi connectivity index (χ2v) is 6.95. The molecule has 154 valence electrons. The molecule has 29 heavy (non-hydrogen) atoms. The van der Waals surface area contributed by atoms with E-state index in [0.717, 1.165) is 19.4 Å². The van der Waals surface area contributed by atoms with Crippen LogP contribution in [0, 0.1) is 5.82 Å². The van der Waals surface area contributed by atoms with Gasteiger partial charge in [-0.05, 0) is 57.7 Å². The molecule has 0 aliphatic rings. The largest absolute Gasteiger partial charge is 0.324 e. The van der Waals surface area contributed by atoms with E-state index in [1.165, 1.54) is 6.07 Å². The van der Waals surface area contributed by atoms with Gasteiger partial charge in [-0.3, -0.25) is 9.59 Å². The Bertz CT molecular complexity index is 1050. The van der Waals surface area contributed by atoms with Gasteiger partial charge in [-0.2, -0.15) is 5.10 Å². The summed E-state index contributed by atoms with van der Waals surface area (Å²) >= 11 is 0. The summed E-state index contributed by atoms with van der Waals surface area (Å²) < 4.78 is 14.2. The summed E-state index contributed by atoms with van der Waals surface area (Å²) in [6, 6.07) is 11.5. The molecule has 8 heteroatoms. The normalized spacial score (nSPS) is 10.8. The maximum atomic E-state index is 14.2. The minimum absolute atomic E-state index is 0. The molecule has 0 saturated heterocycles. The van der Waals surface area contributed by atoms with Gasteiger partial charge in [0.1, 0.15) is 5.82 Å². The second-order valence-electron chi connectivity index (χ2n) is 6.95. The van der Waals surface area contributed by atoms with E-state index >= 15 is 0 Å². The quantitative estimate of drug-likeness (QED) is 0.572. The topological polar surface area (TPSA) is 78.1 Å². The van der Waals surface area contributed by atoms with E-state index in [1.807, 2.05) is 20.2 Å². The van der Waals surface area contributed by atoms with Crippen molar-refractivity contribution in [2.24, 2.45) is 0 Å². The maximum Gasteiger partial charge on any atom is 0.272 e. The smallest absolute Gasteiger partial charge is 0.272 e. The minimum atomic E-state index is -0.515. The highest BCUT2D eigenvalue weighted by Gasteiger charge is 2.13. The number of hydrogen-bond acceptors (Lipinski definition) is 4. The Labute approximate surface area is 174 Å². The summed E-state index contributed by atoms with van der Waals surface area (Å²) in [5.74, 6) is -0.742. The first-order valence-electron chi connectivity index (χ1n) is 9.17. The van der Waals surface area contributed by atoms with E-state index in [1.54, 1.807) is 30.3 Å². The Morgan fingerprint density at radius 3 is 2.59 bits per heavy atom. The van der Waals surface area contributed by atoms with Gasteiger partial charge in [0.25, 0.3) is 5.56 Å². The van der Waals surface area contributed by atoms with Crippen LogP contribution in [0.4, 0.5) is 10.1 Å². The molecule has 0 aliphatic carbocycles. The summed E-state index contributed by atoms with van der Waals surface area (Å²) in [5.41, 5.74) is 0.952. The van der Waals surface area contributed by atoms with Crippen LogP contribution in [0.3, 0.4) is 0 Å². The van der Waals surface area contributed by atoms with Crippen LogP contribution < -0.4 is 10.9 Å². The number of aromatic amines is 1. The number of benzene rings is 2. The predicted molar refractivity (Wildman–Crippen MR) is 116 cm³/mol. The first kappa shape index (κ1) is 22.5. The molecular weight excluding hydrogens is 395 g/mol. The SMILES string of the molecule is CN(C)CCCCC(=O)Nc1cc(-c2n[nH]c(=O)c3ccccc23)ccc1F.Cl. The van der Waals surface area contributed by atoms with E-state index in [9.17, 15) is 14.0 Å². The summed E-state index contributed by atoms with van der Waals surface area (Å²) in [7, 11) is 3.96. The number of amides is 1. The summed E-state index contributed by atoms with van der Waals surface area (Å²) in [6.45, 7) is 0.905. The first-order valence-corrected chi connectivity index (χ1v) is 9.17. The Morgan fingerprint density at radius 1 is 1.14 bits per heavy atom. The van der Waals surface area contributed by atoms with Gasteiger partial charge < -0.3 is 10.2 Å². The van der Waals surface area contributed by atoms with E-state index in [2.05, 4.69) is 20.4 Å². The van der Waals surface area contributed by atoms with Crippen LogP contribution in [0.2, 0.25) is 0 Å². The number of hydrogen-bond donors (Lipinski definition) is 2. The van der Waals surface area contributed by atoms with Crippen molar-refractivity contribution in [3.63, 3.8) is 0 Å². The molecule has 0 saturated carbocycles. The van der Waals surface area contributed by atoms with Gasteiger partial charge in [0.05, 0.1) is 16.8 Å². The van der Waals surface area contributed by atoms with Crippen LogP contribution in [0.1, 0.15) is 19.3 Å². The molecule has 0 radical (unpaired) electrons. The lowest BCUT2D eigenvalue weighted by Crippen LogP contribution is -2.15. The van der Waals surface area contributed by atoms with Crippen molar-refractivity contribution in [1.82, 2.24) is 15.1 Å². The average molecular weight is 419 g/mol. The number of nitrogens with one attached hydrogen (secondary N) is 2. The molecule has 0 spiro atoms. The number of unbranched alkanes of at least 4 members (excludes halogenated alkanes) is 1. The second kappa shape index (κ2) is 10.1. The molecule has 0 unspecified atom stereocenters. The van der Waals surface area contributed by atoms with Crippen LogP contribution in [0.25, 0.3) is 22.0 Å². The van der Waals surface area contributed by atoms with E-state index in [-0.39, 0.29) is 29.6 Å². The van der Waals surface area contributed by atoms with Crippen LogP contribution in [0.15, 0.2) is 47.3 Å². The van der Waals surface area contributed by atoms with Gasteiger partial charge >= 0.3 is 0 Å². The first-order chi connectivity index (χ1) is 13.5. The van der Waals surface area contributed by atoms with Gasteiger partial charge in [-0.15, -0.1) is 12.4 Å². The number of halogens is 2. The van der Waals surface area contributed by atoms with Crippen molar-refractivity contribution in [3.8, 4) is 11.3 Å². The highest BCUT2D eigenvalue weighted by atomic mass is 35.5. The summed E-state index contributed by atoms with van der Waals surface area (Å²) in [4.78, 5) is 26.2. The molecule has 1 amide bonds. The van der Waals surface area contributed by atoms with Crippen LogP contribution >= 0.6 is 12.4 Å². The van der Waals surface area contributed by atoms with Crippen molar-refractivity contribution < 1.29 is 9.18 Å². The highest BCUT2D eigenvalue weighted by molar-refractivity contribution is 5.95. The molecule has 0 bridgehead atoms. The third-order valence-corrected chi connectivity index (χ3v) is 4.47. The molecule has 2 aromatic carbocycles. The Kier molecular flexibility index (Phi) is 7.87. The lowest BCUT2D eigenvalue weighted by molar-refractivity contribution is -0.116. The highest BCUT2D eigenvalue weighted by Crippen LogP contribution is 2.28. The molecule has 3 aromatic rings. The van der Waals surface area contributed by atoms with Gasteiger partial charge in [0.2, 0.25) is 5.91 Å². The zero-order chi connectivity index (χ0) is 20.1. The number of fused-ring (bicyclic) bond motifs is 1. The van der Waals surface area contributed by atoms with Crippen molar-refractivity contribution in [1.29, 1.82) is 0 Å². The lowest BCUT2D eigenvalue weighted by Gasteiger charge is -2.11. The van der Waals surface area contributed by atoms with Crippen LogP contribution in [-0.2, 0) is 4.79 Å². The Balaban J connectivity index is 0.00000300. The monoisotopic (exact) mass is 418 g/mol. The van der Waals surface area contributed by atoms with E-state index < -0.39 is 5.82 Å². The standard InChI is InChI=1S/C21H23FN4O2.ClH/c1-26(2)12-6-5-9-19(27)23-18-13-14(10-11-17(18)22)20-15-7-3-4-8-16(15)21(28)25-24-20;/h3-4,7-8,10-11,13H,5-6,9,12H2,1-2H3,(H,23,27)(H,25,28);1H. The van der Waals surface area contributed by atoms with Crippen LogP contribution in [0.5, 0.6) is 0 Å². The van der Waals surface area contributed by atoms with Gasteiger partial charge in [-0.25, -0.2) is 9.49 Å². The zero-order valence-electron chi connectivity index (χ0n) is 16.4. The third-order valence-electron chi connectivity index (χ3n) is 4.47. The maximum absolute atomic E-state index is 14.2. The molecular formula is C21H24ClFN4O2. The van der Waals surface area contributed by atoms with E-state index in [0.29, 0.717) is 28.5 Å². The van der Waals surface area contributed by atoms with Gasteiger partial charge in [0, 0.05) is 17.4 Å². The zero-order valence-corrected chi connectivity index (χ0v) is 17.2. The molecule has 0 fully saturated rings. The third kappa shape index (κ3) is 5.62. The fourth-order valence-corrected chi connectivity index (χ4v) is 3.03. The number of H-pyrrole nitrogens is 1. The number of anilines is 1. The fraction of sp³-hybridized carbons (Fsp3) is 0.286. The number of rotatable bonds is 7. The average Bonchev–Trinajstić information content (AvgIpc) is 2.68. The minimum Gasteiger partial charge on any atom is -0.324 e. The number of carbonyl (C=O) groups excluding carboxylic acids is 1. The summed E-state index contributed by atoms with van der Waals surface area (Å²) in [5, 5.41) is 10.4. The van der Waals surface area contributed by atoms with Crippen LogP contribution in [-0.4, -0.2) is 41.6 Å². The Hall–Kier alpha value is -2.77. The number of aromatic nitrogens is 2. The number of carbonyl (C=O) groups is 1. The van der Waals surface area contributed by atoms with E-state index in [4.69, 9.17) is 0 Å². The van der Waals surface area contributed by atoms with Crippen molar-refractivity contribution in [2.45, 2.75) is 19.3 Å². The molecule has 1 heterocycles. The molecule has 0 atom stereocenters. The number of nitrogens with zero attached hydrogens (tertiary/aromatic N) is 2. The molecule has 2 N–H and O–H groups in total. The Morgan fingerprint density at radius 2 is 1.86 bits per heavy atom. The molecule has 3 rings (SSSR count). The lowest BCUT2D eigenvalue weighted by atomic mass is 10.0. The van der Waals surface area contributed by atoms with Crippen molar-refractivity contribution in [3.05, 3.63) is 58.6 Å².